The lowest BCUT2D eigenvalue weighted by molar-refractivity contribution is -0.0514. The van der Waals surface area contributed by atoms with Crippen LogP contribution in [0.3, 0.4) is 0 Å². The molecule has 5 heteroatoms. The molecule has 1 unspecified atom stereocenters. The highest BCUT2D eigenvalue weighted by atomic mass is 19.3. The Balaban J connectivity index is 2.78. The van der Waals surface area contributed by atoms with Crippen molar-refractivity contribution >= 4 is 0 Å². The molecule has 1 rings (SSSR count). The summed E-state index contributed by atoms with van der Waals surface area (Å²) in [6, 6.07) is 5.35. The summed E-state index contributed by atoms with van der Waals surface area (Å²) in [5, 5.41) is 3.42. The lowest BCUT2D eigenvalue weighted by Gasteiger charge is -2.28. The van der Waals surface area contributed by atoms with E-state index in [4.69, 9.17) is 4.74 Å². The van der Waals surface area contributed by atoms with Crippen LogP contribution in [0, 0.1) is 5.41 Å². The van der Waals surface area contributed by atoms with Crippen LogP contribution in [0.4, 0.5) is 8.78 Å². The molecule has 1 atom stereocenters. The van der Waals surface area contributed by atoms with E-state index in [0.717, 1.165) is 5.56 Å². The number of alkyl halides is 2. The Hall–Kier alpha value is -1.36. The van der Waals surface area contributed by atoms with Crippen LogP contribution in [-0.2, 0) is 6.54 Å². The molecule has 3 nitrogen and oxygen atoms in total. The fourth-order valence-electron chi connectivity index (χ4n) is 1.70. The van der Waals surface area contributed by atoms with Crippen LogP contribution in [0.5, 0.6) is 11.5 Å². The minimum atomic E-state index is -2.85. The predicted molar refractivity (Wildman–Crippen MR) is 80.0 cm³/mol. The summed E-state index contributed by atoms with van der Waals surface area (Å²) >= 11 is 0. The molecule has 0 saturated carbocycles. The quantitative estimate of drug-likeness (QED) is 0.818. The van der Waals surface area contributed by atoms with E-state index in [1.165, 1.54) is 6.07 Å². The monoisotopic (exact) mass is 301 g/mol. The van der Waals surface area contributed by atoms with Gasteiger partial charge in [0.25, 0.3) is 0 Å². The van der Waals surface area contributed by atoms with Crippen LogP contribution >= 0.6 is 0 Å². The van der Waals surface area contributed by atoms with Gasteiger partial charge >= 0.3 is 6.61 Å². The van der Waals surface area contributed by atoms with E-state index in [1.807, 2.05) is 0 Å². The molecular formula is C16H25F2NO2. The van der Waals surface area contributed by atoms with Crippen LogP contribution in [0.2, 0.25) is 0 Å². The summed E-state index contributed by atoms with van der Waals surface area (Å²) in [6.07, 6.45) is 0. The van der Waals surface area contributed by atoms with Crippen molar-refractivity contribution in [2.45, 2.75) is 53.8 Å². The molecule has 1 N–H and O–H groups in total. The molecule has 1 aromatic carbocycles. The Kier molecular flexibility index (Phi) is 6.40. The van der Waals surface area contributed by atoms with Gasteiger partial charge < -0.3 is 14.8 Å². The maximum absolute atomic E-state index is 12.3. The lowest BCUT2D eigenvalue weighted by atomic mass is 9.88. The topological polar surface area (TPSA) is 30.5 Å². The van der Waals surface area contributed by atoms with Crippen molar-refractivity contribution in [2.75, 3.05) is 6.61 Å². The normalized spacial score (nSPS) is 13.3. The maximum atomic E-state index is 12.3. The zero-order valence-corrected chi connectivity index (χ0v) is 13.4. The van der Waals surface area contributed by atoms with Gasteiger partial charge in [0.1, 0.15) is 0 Å². The van der Waals surface area contributed by atoms with Gasteiger partial charge in [0.15, 0.2) is 11.5 Å². The second-order valence-corrected chi connectivity index (χ2v) is 6.06. The van der Waals surface area contributed by atoms with Gasteiger partial charge in [-0.25, -0.2) is 0 Å². The standard InChI is InChI=1S/C16H25F2NO2/c1-6-20-14-9-12(7-8-13(14)21-15(17)18)10-19-11(2)16(3,4)5/h7-9,11,15,19H,6,10H2,1-5H3. The third-order valence-electron chi connectivity index (χ3n) is 3.44. The van der Waals surface area contributed by atoms with E-state index in [1.54, 1.807) is 19.1 Å². The molecule has 120 valence electrons. The highest BCUT2D eigenvalue weighted by molar-refractivity contribution is 5.43. The summed E-state index contributed by atoms with van der Waals surface area (Å²) in [7, 11) is 0. The Labute approximate surface area is 125 Å². The molecule has 1 aromatic rings. The van der Waals surface area contributed by atoms with Gasteiger partial charge in [-0.2, -0.15) is 8.78 Å². The first kappa shape index (κ1) is 17.7. The van der Waals surface area contributed by atoms with Gasteiger partial charge in [0.2, 0.25) is 0 Å². The van der Waals surface area contributed by atoms with Gasteiger partial charge in [-0.15, -0.1) is 0 Å². The van der Waals surface area contributed by atoms with Crippen LogP contribution in [0.15, 0.2) is 18.2 Å². The molecule has 0 spiro atoms. The van der Waals surface area contributed by atoms with Crippen LogP contribution in [0.1, 0.15) is 40.2 Å². The molecule has 21 heavy (non-hydrogen) atoms. The SMILES string of the molecule is CCOc1cc(CNC(C)C(C)(C)C)ccc1OC(F)F. The molecule has 0 aliphatic rings. The second kappa shape index (κ2) is 7.59. The molecule has 0 aliphatic carbocycles. The van der Waals surface area contributed by atoms with Crippen molar-refractivity contribution in [2.24, 2.45) is 5.41 Å². The molecular weight excluding hydrogens is 276 g/mol. The van der Waals surface area contributed by atoms with E-state index in [0.29, 0.717) is 24.9 Å². The van der Waals surface area contributed by atoms with Crippen molar-refractivity contribution in [3.63, 3.8) is 0 Å². The van der Waals surface area contributed by atoms with Crippen molar-refractivity contribution in [3.05, 3.63) is 23.8 Å². The summed E-state index contributed by atoms with van der Waals surface area (Å²) in [5.41, 5.74) is 1.12. The predicted octanol–water partition coefficient (Wildman–Crippen LogP) is 4.21. The highest BCUT2D eigenvalue weighted by Crippen LogP contribution is 2.30. The molecule has 0 aromatic heterocycles. The Morgan fingerprint density at radius 3 is 2.38 bits per heavy atom. The molecule has 0 radical (unpaired) electrons. The smallest absolute Gasteiger partial charge is 0.387 e. The second-order valence-electron chi connectivity index (χ2n) is 6.06. The van der Waals surface area contributed by atoms with Crippen LogP contribution < -0.4 is 14.8 Å². The van der Waals surface area contributed by atoms with Gasteiger partial charge in [-0.1, -0.05) is 26.8 Å². The maximum Gasteiger partial charge on any atom is 0.387 e. The minimum Gasteiger partial charge on any atom is -0.490 e. The minimum absolute atomic E-state index is 0.0690. The number of halogens is 2. The average molecular weight is 301 g/mol. The van der Waals surface area contributed by atoms with Gasteiger partial charge in [-0.3, -0.25) is 0 Å². The Morgan fingerprint density at radius 1 is 1.19 bits per heavy atom. The third-order valence-corrected chi connectivity index (χ3v) is 3.44. The summed E-state index contributed by atoms with van der Waals surface area (Å²) in [5.74, 6) is 0.417. The Morgan fingerprint density at radius 2 is 1.86 bits per heavy atom. The van der Waals surface area contributed by atoms with Crippen molar-refractivity contribution in [1.82, 2.24) is 5.32 Å². The number of nitrogens with one attached hydrogen (secondary N) is 1. The van der Waals surface area contributed by atoms with E-state index < -0.39 is 6.61 Å². The summed E-state index contributed by atoms with van der Waals surface area (Å²) in [6.45, 7) is 8.61. The zero-order chi connectivity index (χ0) is 16.0. The van der Waals surface area contributed by atoms with Crippen LogP contribution in [-0.4, -0.2) is 19.3 Å². The van der Waals surface area contributed by atoms with Crippen LogP contribution in [0.25, 0.3) is 0 Å². The fourth-order valence-corrected chi connectivity index (χ4v) is 1.70. The number of ether oxygens (including phenoxy) is 2. The zero-order valence-electron chi connectivity index (χ0n) is 13.4. The summed E-state index contributed by atoms with van der Waals surface area (Å²) < 4.78 is 34.5. The van der Waals surface area contributed by atoms with Crippen molar-refractivity contribution < 1.29 is 18.3 Å². The Bertz CT molecular complexity index is 444. The average Bonchev–Trinajstić information content (AvgIpc) is 2.37. The highest BCUT2D eigenvalue weighted by Gasteiger charge is 2.19. The number of benzene rings is 1. The fraction of sp³-hybridized carbons (Fsp3) is 0.625. The van der Waals surface area contributed by atoms with E-state index in [9.17, 15) is 8.78 Å². The first-order valence-corrected chi connectivity index (χ1v) is 7.18. The van der Waals surface area contributed by atoms with E-state index in [-0.39, 0.29) is 11.2 Å². The van der Waals surface area contributed by atoms with Crippen molar-refractivity contribution in [1.29, 1.82) is 0 Å². The van der Waals surface area contributed by atoms with Gasteiger partial charge in [-0.05, 0) is 37.0 Å². The first-order valence-electron chi connectivity index (χ1n) is 7.18. The third kappa shape index (κ3) is 5.87. The van der Waals surface area contributed by atoms with E-state index in [2.05, 4.69) is 37.7 Å². The van der Waals surface area contributed by atoms with Crippen molar-refractivity contribution in [3.8, 4) is 11.5 Å². The van der Waals surface area contributed by atoms with E-state index >= 15 is 0 Å². The van der Waals surface area contributed by atoms with Gasteiger partial charge in [0, 0.05) is 12.6 Å². The largest absolute Gasteiger partial charge is 0.490 e. The molecule has 0 heterocycles. The molecule has 0 bridgehead atoms. The lowest BCUT2D eigenvalue weighted by Crippen LogP contribution is -2.37. The molecule has 0 amide bonds. The molecule has 0 fully saturated rings. The van der Waals surface area contributed by atoms with Gasteiger partial charge in [0.05, 0.1) is 6.61 Å². The first-order chi connectivity index (χ1) is 9.74. The molecule has 0 saturated heterocycles. The number of hydrogen-bond donors (Lipinski definition) is 1. The molecule has 0 aliphatic heterocycles. The summed E-state index contributed by atoms with van der Waals surface area (Å²) in [4.78, 5) is 0. The number of hydrogen-bond acceptors (Lipinski definition) is 3. The number of rotatable bonds is 7.